The van der Waals surface area contributed by atoms with E-state index in [-0.39, 0.29) is 10.7 Å². The molecule has 1 heterocycles. The molecule has 1 aromatic heterocycles. The zero-order chi connectivity index (χ0) is 8.43. The zero-order valence-electron chi connectivity index (χ0n) is 5.81. The molecule has 11 heavy (non-hydrogen) atoms. The van der Waals surface area contributed by atoms with Crippen molar-refractivity contribution in [3.63, 3.8) is 0 Å². The minimum Gasteiger partial charge on any atom is -0.311 e. The highest BCUT2D eigenvalue weighted by molar-refractivity contribution is 6.31. The highest BCUT2D eigenvalue weighted by Gasteiger charge is 2.01. The van der Waals surface area contributed by atoms with Gasteiger partial charge in [-0.2, -0.15) is 0 Å². The van der Waals surface area contributed by atoms with Crippen molar-refractivity contribution >= 4 is 17.3 Å². The van der Waals surface area contributed by atoms with Crippen molar-refractivity contribution in [1.82, 2.24) is 4.98 Å². The standard InChI is InChI=1S/C6H7ClN2O2/c1-3-2-4(9-11)5(7)8-6(3)10/h2,9,11H,1H3,(H,8,10). The van der Waals surface area contributed by atoms with Gasteiger partial charge in [0, 0.05) is 5.56 Å². The topological polar surface area (TPSA) is 65.1 Å². The molecule has 0 unspecified atom stereocenters. The van der Waals surface area contributed by atoms with Crippen LogP contribution in [0.5, 0.6) is 0 Å². The van der Waals surface area contributed by atoms with Crippen LogP contribution in [0.1, 0.15) is 5.56 Å². The molecule has 0 saturated carbocycles. The second-order valence-corrected chi connectivity index (χ2v) is 2.50. The number of halogens is 1. The summed E-state index contributed by atoms with van der Waals surface area (Å²) in [5.74, 6) is 0. The van der Waals surface area contributed by atoms with Gasteiger partial charge in [0.05, 0.1) is 5.69 Å². The van der Waals surface area contributed by atoms with Gasteiger partial charge >= 0.3 is 0 Å². The van der Waals surface area contributed by atoms with Crippen LogP contribution >= 0.6 is 11.6 Å². The normalized spacial score (nSPS) is 9.73. The summed E-state index contributed by atoms with van der Waals surface area (Å²) < 4.78 is 0. The minimum absolute atomic E-state index is 0.100. The molecular formula is C6H7ClN2O2. The van der Waals surface area contributed by atoms with Crippen molar-refractivity contribution in [2.45, 2.75) is 6.92 Å². The van der Waals surface area contributed by atoms with Crippen LogP contribution in [-0.2, 0) is 0 Å². The maximum absolute atomic E-state index is 10.9. The molecule has 3 N–H and O–H groups in total. The van der Waals surface area contributed by atoms with Crippen molar-refractivity contribution < 1.29 is 5.21 Å². The highest BCUT2D eigenvalue weighted by Crippen LogP contribution is 2.16. The lowest BCUT2D eigenvalue weighted by Gasteiger charge is -2.01. The van der Waals surface area contributed by atoms with E-state index in [1.807, 2.05) is 5.48 Å². The van der Waals surface area contributed by atoms with E-state index in [2.05, 4.69) is 4.98 Å². The summed E-state index contributed by atoms with van der Waals surface area (Å²) in [4.78, 5) is 13.2. The van der Waals surface area contributed by atoms with Crippen molar-refractivity contribution in [1.29, 1.82) is 0 Å². The van der Waals surface area contributed by atoms with Gasteiger partial charge in [0.15, 0.2) is 0 Å². The van der Waals surface area contributed by atoms with Crippen LogP contribution in [-0.4, -0.2) is 10.2 Å². The van der Waals surface area contributed by atoms with Crippen LogP contribution in [0.25, 0.3) is 0 Å². The van der Waals surface area contributed by atoms with Crippen molar-refractivity contribution in [2.75, 3.05) is 5.48 Å². The Bertz CT molecular complexity index is 321. The van der Waals surface area contributed by atoms with E-state index in [0.29, 0.717) is 11.3 Å². The van der Waals surface area contributed by atoms with E-state index >= 15 is 0 Å². The summed E-state index contributed by atoms with van der Waals surface area (Å²) in [7, 11) is 0. The third-order valence-electron chi connectivity index (χ3n) is 1.30. The molecule has 0 aliphatic heterocycles. The summed E-state index contributed by atoms with van der Waals surface area (Å²) in [6, 6.07) is 1.46. The van der Waals surface area contributed by atoms with E-state index in [9.17, 15) is 4.79 Å². The molecule has 0 aromatic carbocycles. The first-order chi connectivity index (χ1) is 5.15. The molecule has 0 radical (unpaired) electrons. The molecule has 0 saturated heterocycles. The first-order valence-corrected chi connectivity index (χ1v) is 3.32. The predicted molar refractivity (Wildman–Crippen MR) is 42.2 cm³/mol. The number of hydrogen-bond donors (Lipinski definition) is 3. The van der Waals surface area contributed by atoms with Crippen LogP contribution in [0.4, 0.5) is 5.69 Å². The number of aromatic amines is 1. The quantitative estimate of drug-likeness (QED) is 0.442. The average molecular weight is 175 g/mol. The highest BCUT2D eigenvalue weighted by atomic mass is 35.5. The van der Waals surface area contributed by atoms with Crippen LogP contribution in [0.2, 0.25) is 5.15 Å². The van der Waals surface area contributed by atoms with Gasteiger partial charge in [0.25, 0.3) is 5.56 Å². The van der Waals surface area contributed by atoms with Gasteiger partial charge < -0.3 is 4.98 Å². The number of H-pyrrole nitrogens is 1. The second kappa shape index (κ2) is 2.94. The third-order valence-corrected chi connectivity index (χ3v) is 1.60. The summed E-state index contributed by atoms with van der Waals surface area (Å²) in [6.07, 6.45) is 0. The van der Waals surface area contributed by atoms with Gasteiger partial charge in [-0.15, -0.1) is 0 Å². The molecule has 0 amide bonds. The maximum atomic E-state index is 10.9. The lowest BCUT2D eigenvalue weighted by molar-refractivity contribution is 0.388. The van der Waals surface area contributed by atoms with Crippen molar-refractivity contribution in [3.05, 3.63) is 27.1 Å². The summed E-state index contributed by atoms with van der Waals surface area (Å²) in [5.41, 5.74) is 2.39. The smallest absolute Gasteiger partial charge is 0.252 e. The van der Waals surface area contributed by atoms with E-state index in [1.54, 1.807) is 6.92 Å². The molecule has 5 heteroatoms. The van der Waals surface area contributed by atoms with Crippen molar-refractivity contribution in [3.8, 4) is 0 Å². The molecule has 4 nitrogen and oxygen atoms in total. The van der Waals surface area contributed by atoms with Crippen LogP contribution < -0.4 is 11.0 Å². The molecule has 0 spiro atoms. The lowest BCUT2D eigenvalue weighted by atomic mass is 10.3. The van der Waals surface area contributed by atoms with Crippen LogP contribution in [0.15, 0.2) is 10.9 Å². The zero-order valence-corrected chi connectivity index (χ0v) is 6.57. The Hall–Kier alpha value is -1.00. The van der Waals surface area contributed by atoms with E-state index < -0.39 is 0 Å². The molecule has 0 aliphatic carbocycles. The van der Waals surface area contributed by atoms with Gasteiger partial charge in [0.2, 0.25) is 0 Å². The van der Waals surface area contributed by atoms with E-state index in [0.717, 1.165) is 0 Å². The van der Waals surface area contributed by atoms with E-state index in [1.165, 1.54) is 6.07 Å². The Balaban J connectivity index is 3.32. The minimum atomic E-state index is -0.256. The number of hydrogen-bond acceptors (Lipinski definition) is 3. The van der Waals surface area contributed by atoms with Gasteiger partial charge in [-0.3, -0.25) is 15.5 Å². The Morgan fingerprint density at radius 2 is 2.36 bits per heavy atom. The molecule has 60 valence electrons. The van der Waals surface area contributed by atoms with Gasteiger partial charge in [0.1, 0.15) is 5.15 Å². The molecular weight excluding hydrogens is 168 g/mol. The van der Waals surface area contributed by atoms with Crippen LogP contribution in [0, 0.1) is 6.92 Å². The largest absolute Gasteiger partial charge is 0.311 e. The first kappa shape index (κ1) is 8.10. The Labute approximate surface area is 67.8 Å². The number of anilines is 1. The molecule has 0 fully saturated rings. The number of aryl methyl sites for hydroxylation is 1. The van der Waals surface area contributed by atoms with Gasteiger partial charge in [-0.05, 0) is 13.0 Å². The Morgan fingerprint density at radius 1 is 1.73 bits per heavy atom. The Kier molecular flexibility index (Phi) is 2.16. The monoisotopic (exact) mass is 174 g/mol. The fourth-order valence-corrected chi connectivity index (χ4v) is 0.875. The summed E-state index contributed by atoms with van der Waals surface area (Å²) in [6.45, 7) is 1.62. The van der Waals surface area contributed by atoms with Crippen molar-refractivity contribution in [2.24, 2.45) is 0 Å². The number of rotatable bonds is 1. The fraction of sp³-hybridized carbons (Fsp3) is 0.167. The number of nitrogens with one attached hydrogen (secondary N) is 2. The molecule has 0 atom stereocenters. The first-order valence-electron chi connectivity index (χ1n) is 2.94. The molecule has 1 rings (SSSR count). The molecule has 0 aliphatic rings. The summed E-state index contributed by atoms with van der Waals surface area (Å²) in [5, 5.41) is 8.58. The van der Waals surface area contributed by atoms with E-state index in [4.69, 9.17) is 16.8 Å². The fourth-order valence-electron chi connectivity index (χ4n) is 0.692. The maximum Gasteiger partial charge on any atom is 0.252 e. The number of pyridine rings is 1. The third kappa shape index (κ3) is 1.53. The predicted octanol–water partition coefficient (Wildman–Crippen LogP) is 1.14. The van der Waals surface area contributed by atoms with Gasteiger partial charge in [-0.1, -0.05) is 11.6 Å². The molecule has 0 bridgehead atoms. The SMILES string of the molecule is Cc1cc(NO)c(Cl)[nH]c1=O. The van der Waals surface area contributed by atoms with Crippen LogP contribution in [0.3, 0.4) is 0 Å². The lowest BCUT2D eigenvalue weighted by Crippen LogP contribution is -2.10. The number of aromatic nitrogens is 1. The molecule has 1 aromatic rings. The Morgan fingerprint density at radius 3 is 2.91 bits per heavy atom. The average Bonchev–Trinajstić information content (AvgIpc) is 1.97. The van der Waals surface area contributed by atoms with Gasteiger partial charge in [-0.25, -0.2) is 0 Å². The second-order valence-electron chi connectivity index (χ2n) is 2.12. The summed E-state index contributed by atoms with van der Waals surface area (Å²) >= 11 is 5.52.